The molecule has 0 aromatic carbocycles. The smallest absolute Gasteiger partial charge is 0.417 e. The van der Waals surface area contributed by atoms with E-state index in [4.69, 9.17) is 19.8 Å². The van der Waals surface area contributed by atoms with E-state index in [9.17, 15) is 56.4 Å². The summed E-state index contributed by atoms with van der Waals surface area (Å²) in [6.45, 7) is 7.78. The number of hydrogen-bond acceptors (Lipinski definition) is 11. The van der Waals surface area contributed by atoms with Crippen LogP contribution in [0.5, 0.6) is 0 Å². The van der Waals surface area contributed by atoms with Crippen molar-refractivity contribution in [1.29, 1.82) is 10.5 Å². The van der Waals surface area contributed by atoms with Gasteiger partial charge in [-0.15, -0.1) is 0 Å². The van der Waals surface area contributed by atoms with Crippen molar-refractivity contribution in [3.05, 3.63) is 0 Å². The number of nitrogens with one attached hydrogen (secondary N) is 1. The van der Waals surface area contributed by atoms with Gasteiger partial charge in [-0.25, -0.2) is 27.3 Å². The number of likely N-dealkylation sites (tertiary alicyclic amines) is 3. The zero-order chi connectivity index (χ0) is 40.4. The van der Waals surface area contributed by atoms with Crippen LogP contribution in [0.3, 0.4) is 0 Å². The highest BCUT2D eigenvalue weighted by Gasteiger charge is 2.55. The summed E-state index contributed by atoms with van der Waals surface area (Å²) in [4.78, 5) is 87.4. The van der Waals surface area contributed by atoms with Crippen LogP contribution in [0.15, 0.2) is 0 Å². The van der Waals surface area contributed by atoms with Crippen molar-refractivity contribution in [2.24, 2.45) is 11.8 Å². The van der Waals surface area contributed by atoms with Gasteiger partial charge in [0, 0.05) is 12.8 Å². The molecule has 6 atom stereocenters. The van der Waals surface area contributed by atoms with E-state index in [0.29, 0.717) is 9.80 Å². The Bertz CT molecular complexity index is 1600. The van der Waals surface area contributed by atoms with Crippen molar-refractivity contribution in [2.75, 3.05) is 13.1 Å². The molecule has 4 aliphatic heterocycles. The second-order valence-corrected chi connectivity index (χ2v) is 15.4. The van der Waals surface area contributed by atoms with Crippen LogP contribution < -0.4 is 5.32 Å². The van der Waals surface area contributed by atoms with E-state index < -0.39 is 139 Å². The number of nitrogens with zero attached hydrogens (tertiary/aromatic N) is 5. The molecule has 0 spiro atoms. The lowest BCUT2D eigenvalue weighted by atomic mass is 10.0. The number of esters is 1. The van der Waals surface area contributed by atoms with Gasteiger partial charge < -0.3 is 29.7 Å². The summed E-state index contributed by atoms with van der Waals surface area (Å²) in [5, 5.41) is 29.0. The van der Waals surface area contributed by atoms with Crippen LogP contribution in [0.4, 0.5) is 22.4 Å². The molecule has 292 valence electrons. The van der Waals surface area contributed by atoms with Gasteiger partial charge in [0.1, 0.15) is 35.4 Å². The number of amides is 5. The highest BCUT2D eigenvalue weighted by molar-refractivity contribution is 6.03. The fourth-order valence-electron chi connectivity index (χ4n) is 6.33. The van der Waals surface area contributed by atoms with Crippen molar-refractivity contribution in [3.63, 3.8) is 0 Å². The van der Waals surface area contributed by atoms with Crippen molar-refractivity contribution >= 4 is 41.7 Å². The van der Waals surface area contributed by atoms with Gasteiger partial charge >= 0.3 is 18.0 Å². The number of carboxylic acids is 1. The lowest BCUT2D eigenvalue weighted by Crippen LogP contribution is -2.51. The number of rotatable bonds is 6. The maximum absolute atomic E-state index is 13.9. The molecule has 4 saturated heterocycles. The molecule has 4 rings (SSSR count). The predicted molar refractivity (Wildman–Crippen MR) is 169 cm³/mol. The van der Waals surface area contributed by atoms with Crippen molar-refractivity contribution in [2.45, 2.75) is 127 Å². The summed E-state index contributed by atoms with van der Waals surface area (Å²) in [6.07, 6.45) is -3.82. The monoisotopic (exact) mass is 758 g/mol. The Kier molecular flexibility index (Phi) is 12.4. The molecule has 16 nitrogen and oxygen atoms in total. The van der Waals surface area contributed by atoms with Crippen molar-refractivity contribution < 1.29 is 65.7 Å². The summed E-state index contributed by atoms with van der Waals surface area (Å²) in [7, 11) is 0. The minimum atomic E-state index is -3.26. The molecule has 4 fully saturated rings. The standard InChI is InChI=1S/C21H29F2N3O6.C12H13F2N3O4/c1-19(2,3)31-15(27)8-12-7-14(26(16(12)28)18(30)32-20(4,5)6)17(29)25-11-21(22,23)9-13(25)10-24;13-12(14)3-7(4-15)17(5-12)11(21)8-1-6(2-9(18)19)10(20)16-8/h12-14H,7-9,11H2,1-6H3;6-8H,1-3,5H2,(H,16,20)(H,18,19)/t12-,13-,14-;6-,7-,8-/m00/s1. The Morgan fingerprint density at radius 3 is 1.75 bits per heavy atom. The lowest BCUT2D eigenvalue weighted by molar-refractivity contribution is -0.157. The highest BCUT2D eigenvalue weighted by atomic mass is 19.3. The Hall–Kier alpha value is -5.01. The third-order valence-corrected chi connectivity index (χ3v) is 8.45. The number of carboxylic acid groups (broad SMARTS) is 1. The fourth-order valence-corrected chi connectivity index (χ4v) is 6.33. The number of carbonyl (C=O) groups is 7. The quantitative estimate of drug-likeness (QED) is 0.294. The Morgan fingerprint density at radius 2 is 1.30 bits per heavy atom. The average Bonchev–Trinajstić information content (AvgIpc) is 3.71. The van der Waals surface area contributed by atoms with Crippen LogP contribution in [-0.2, 0) is 38.2 Å². The summed E-state index contributed by atoms with van der Waals surface area (Å²) in [5.41, 5.74) is -1.80. The molecular formula is C33H42F4N6O10. The summed E-state index contributed by atoms with van der Waals surface area (Å²) in [5.74, 6) is -13.3. The van der Waals surface area contributed by atoms with Gasteiger partial charge in [-0.1, -0.05) is 0 Å². The van der Waals surface area contributed by atoms with E-state index in [2.05, 4.69) is 5.32 Å². The molecule has 4 aliphatic rings. The first-order valence-electron chi connectivity index (χ1n) is 16.6. The van der Waals surface area contributed by atoms with Gasteiger partial charge in [-0.2, -0.15) is 10.5 Å². The van der Waals surface area contributed by atoms with Gasteiger partial charge in [-0.3, -0.25) is 28.8 Å². The third-order valence-electron chi connectivity index (χ3n) is 8.45. The molecule has 5 amide bonds. The second kappa shape index (κ2) is 15.5. The number of hydrogen-bond donors (Lipinski definition) is 2. The van der Waals surface area contributed by atoms with E-state index in [0.717, 1.165) is 4.90 Å². The summed E-state index contributed by atoms with van der Waals surface area (Å²) >= 11 is 0. The number of nitriles is 2. The fraction of sp³-hybridized carbons (Fsp3) is 0.727. The van der Waals surface area contributed by atoms with E-state index in [1.807, 2.05) is 0 Å². The Morgan fingerprint density at radius 1 is 0.811 bits per heavy atom. The molecule has 53 heavy (non-hydrogen) atoms. The average molecular weight is 759 g/mol. The van der Waals surface area contributed by atoms with Crippen LogP contribution in [0.25, 0.3) is 0 Å². The molecule has 20 heteroatoms. The Balaban J connectivity index is 0.000000311. The number of halogens is 4. The van der Waals surface area contributed by atoms with E-state index in [1.54, 1.807) is 53.7 Å². The van der Waals surface area contributed by atoms with Gasteiger partial charge in [0.15, 0.2) is 0 Å². The highest BCUT2D eigenvalue weighted by Crippen LogP contribution is 2.37. The van der Waals surface area contributed by atoms with Crippen LogP contribution in [0, 0.1) is 34.5 Å². The SMILES string of the molecule is CC(C)(C)OC(=O)C[C@@H]1C[C@@H](C(=O)N2CC(F)(F)C[C@H]2C#N)N(C(=O)OC(C)(C)C)C1=O.N#C[C@@H]1CC(F)(F)CN1C(=O)[C@@H]1C[C@@H](CC(=O)O)C(=O)N1. The number of carbonyl (C=O) groups excluding carboxylic acids is 6. The summed E-state index contributed by atoms with van der Waals surface area (Å²) in [6, 6.07) is -1.82. The molecule has 2 N–H and O–H groups in total. The van der Waals surface area contributed by atoms with Gasteiger partial charge in [0.2, 0.25) is 23.6 Å². The normalized spacial score (nSPS) is 27.6. The molecule has 0 aromatic rings. The van der Waals surface area contributed by atoms with E-state index in [1.165, 1.54) is 0 Å². The van der Waals surface area contributed by atoms with E-state index >= 15 is 0 Å². The first-order chi connectivity index (χ1) is 24.2. The van der Waals surface area contributed by atoms with Crippen LogP contribution in [-0.4, -0.2) is 122 Å². The minimum Gasteiger partial charge on any atom is -0.481 e. The molecule has 0 radical (unpaired) electrons. The number of ether oxygens (including phenoxy) is 2. The molecular weight excluding hydrogens is 716 g/mol. The lowest BCUT2D eigenvalue weighted by Gasteiger charge is -2.29. The number of imide groups is 1. The second-order valence-electron chi connectivity index (χ2n) is 15.4. The van der Waals surface area contributed by atoms with Gasteiger partial charge in [-0.05, 0) is 54.4 Å². The number of alkyl halides is 4. The zero-order valence-electron chi connectivity index (χ0n) is 30.0. The Labute approximate surface area is 302 Å². The van der Waals surface area contributed by atoms with Crippen LogP contribution >= 0.6 is 0 Å². The first kappa shape index (κ1) is 42.4. The molecule has 0 bridgehead atoms. The van der Waals surface area contributed by atoms with E-state index in [-0.39, 0.29) is 12.8 Å². The maximum atomic E-state index is 13.9. The van der Waals surface area contributed by atoms with Crippen LogP contribution in [0.1, 0.15) is 80.1 Å². The molecule has 4 heterocycles. The summed E-state index contributed by atoms with van der Waals surface area (Å²) < 4.78 is 64.8. The zero-order valence-corrected chi connectivity index (χ0v) is 30.0. The maximum Gasteiger partial charge on any atom is 0.417 e. The van der Waals surface area contributed by atoms with Crippen molar-refractivity contribution in [1.82, 2.24) is 20.0 Å². The van der Waals surface area contributed by atoms with Gasteiger partial charge in [0.05, 0.1) is 49.9 Å². The van der Waals surface area contributed by atoms with Crippen molar-refractivity contribution in [3.8, 4) is 12.1 Å². The molecule has 0 saturated carbocycles. The van der Waals surface area contributed by atoms with Gasteiger partial charge in [0.25, 0.3) is 11.8 Å². The molecule has 0 unspecified atom stereocenters. The minimum absolute atomic E-state index is 0.0653. The molecule has 0 aliphatic carbocycles. The predicted octanol–water partition coefficient (Wildman–Crippen LogP) is 2.36. The van der Waals surface area contributed by atoms with Crippen LogP contribution in [0.2, 0.25) is 0 Å². The topological polar surface area (TPSA) is 228 Å². The molecule has 0 aromatic heterocycles. The first-order valence-corrected chi connectivity index (χ1v) is 16.6. The third kappa shape index (κ3) is 11.0. The number of aliphatic carboxylic acids is 1. The largest absolute Gasteiger partial charge is 0.481 e.